The number of fused-ring (bicyclic) bond motifs is 3. The molecular formula is C20H21ClN4S. The van der Waals surface area contributed by atoms with Gasteiger partial charge in [-0.3, -0.25) is 0 Å². The quantitative estimate of drug-likeness (QED) is 0.612. The molecule has 2 bridgehead atoms. The first-order valence-corrected chi connectivity index (χ1v) is 10.5. The minimum Gasteiger partial charge on any atom is -0.301 e. The van der Waals surface area contributed by atoms with Gasteiger partial charge in [-0.05, 0) is 55.1 Å². The SMILES string of the molecule is ClCc1ccc(-c2ccc(-c3cn(C4CN5CCC4CC5)nn3)s2)cc1. The Bertz CT molecular complexity index is 893. The first-order chi connectivity index (χ1) is 12.8. The van der Waals surface area contributed by atoms with Crippen molar-refractivity contribution in [3.05, 3.63) is 48.2 Å². The molecule has 3 aliphatic rings. The predicted molar refractivity (Wildman–Crippen MR) is 107 cm³/mol. The van der Waals surface area contributed by atoms with E-state index in [1.54, 1.807) is 11.3 Å². The molecule has 1 atom stereocenters. The van der Waals surface area contributed by atoms with Crippen molar-refractivity contribution in [3.63, 3.8) is 0 Å². The fourth-order valence-corrected chi connectivity index (χ4v) is 5.31. The molecule has 6 heteroatoms. The number of piperidine rings is 3. The maximum Gasteiger partial charge on any atom is 0.123 e. The van der Waals surface area contributed by atoms with Crippen molar-refractivity contribution in [2.45, 2.75) is 24.8 Å². The highest BCUT2D eigenvalue weighted by Crippen LogP contribution is 2.37. The van der Waals surface area contributed by atoms with Gasteiger partial charge in [0.25, 0.3) is 0 Å². The Morgan fingerprint density at radius 2 is 1.81 bits per heavy atom. The minimum absolute atomic E-state index is 0.487. The Kier molecular flexibility index (Phi) is 4.31. The number of benzene rings is 1. The van der Waals surface area contributed by atoms with E-state index >= 15 is 0 Å². The maximum absolute atomic E-state index is 5.88. The zero-order valence-corrected chi connectivity index (χ0v) is 16.1. The summed E-state index contributed by atoms with van der Waals surface area (Å²) in [6, 6.07) is 13.3. The predicted octanol–water partition coefficient (Wildman–Crippen LogP) is 4.68. The lowest BCUT2D eigenvalue weighted by molar-refractivity contribution is 0.0504. The van der Waals surface area contributed by atoms with E-state index in [9.17, 15) is 0 Å². The molecule has 3 aliphatic heterocycles. The van der Waals surface area contributed by atoms with Gasteiger partial charge in [-0.25, -0.2) is 4.68 Å². The Morgan fingerprint density at radius 3 is 2.50 bits per heavy atom. The van der Waals surface area contributed by atoms with Gasteiger partial charge in [0.1, 0.15) is 5.69 Å². The van der Waals surface area contributed by atoms with Crippen LogP contribution in [0.3, 0.4) is 0 Å². The van der Waals surface area contributed by atoms with Crippen LogP contribution in [0.25, 0.3) is 21.0 Å². The van der Waals surface area contributed by atoms with Crippen LogP contribution in [0.5, 0.6) is 0 Å². The average molecular weight is 385 g/mol. The zero-order valence-electron chi connectivity index (χ0n) is 14.5. The summed E-state index contributed by atoms with van der Waals surface area (Å²) >= 11 is 7.65. The Labute approximate surface area is 162 Å². The van der Waals surface area contributed by atoms with Crippen molar-refractivity contribution in [2.75, 3.05) is 19.6 Å². The number of rotatable bonds is 4. The molecule has 3 fully saturated rings. The van der Waals surface area contributed by atoms with Crippen LogP contribution >= 0.6 is 22.9 Å². The third-order valence-corrected chi connectivity index (χ3v) is 7.19. The van der Waals surface area contributed by atoms with Gasteiger partial charge < -0.3 is 4.90 Å². The summed E-state index contributed by atoms with van der Waals surface area (Å²) in [5, 5.41) is 8.94. The molecule has 6 rings (SSSR count). The number of alkyl halides is 1. The molecule has 0 aliphatic carbocycles. The van der Waals surface area contributed by atoms with Gasteiger partial charge in [-0.2, -0.15) is 0 Å². The van der Waals surface area contributed by atoms with Crippen LogP contribution in [-0.4, -0.2) is 39.5 Å². The second-order valence-corrected chi connectivity index (χ2v) is 8.63. The first-order valence-electron chi connectivity index (χ1n) is 9.20. The highest BCUT2D eigenvalue weighted by Gasteiger charge is 2.35. The van der Waals surface area contributed by atoms with E-state index in [1.165, 1.54) is 41.2 Å². The van der Waals surface area contributed by atoms with Crippen LogP contribution in [0.15, 0.2) is 42.6 Å². The maximum atomic E-state index is 5.88. The van der Waals surface area contributed by atoms with Gasteiger partial charge in [-0.15, -0.1) is 28.0 Å². The second-order valence-electron chi connectivity index (χ2n) is 7.28. The smallest absolute Gasteiger partial charge is 0.123 e. The lowest BCUT2D eigenvalue weighted by Crippen LogP contribution is -2.48. The number of hydrogen-bond acceptors (Lipinski definition) is 4. The van der Waals surface area contributed by atoms with Crippen LogP contribution in [0.2, 0.25) is 0 Å². The standard InChI is InChI=1S/C20H21ClN4S/c21-11-14-1-3-16(4-2-14)19-5-6-20(26-19)17-12-25(23-22-17)18-13-24-9-7-15(18)8-10-24/h1-6,12,15,18H,7-11,13H2. The van der Waals surface area contributed by atoms with Crippen LogP contribution < -0.4 is 0 Å². The van der Waals surface area contributed by atoms with Gasteiger partial charge in [0.15, 0.2) is 0 Å². The number of nitrogens with zero attached hydrogens (tertiary/aromatic N) is 4. The fraction of sp³-hybridized carbons (Fsp3) is 0.400. The molecular weight excluding hydrogens is 364 g/mol. The summed E-state index contributed by atoms with van der Waals surface area (Å²) in [4.78, 5) is 4.98. The molecule has 3 saturated heterocycles. The molecule has 5 heterocycles. The van der Waals surface area contributed by atoms with E-state index in [0.717, 1.165) is 23.7 Å². The number of thiophene rings is 1. The van der Waals surface area contributed by atoms with E-state index < -0.39 is 0 Å². The van der Waals surface area contributed by atoms with Crippen molar-refractivity contribution in [2.24, 2.45) is 5.92 Å². The van der Waals surface area contributed by atoms with Crippen molar-refractivity contribution >= 4 is 22.9 Å². The average Bonchev–Trinajstić information content (AvgIpc) is 3.38. The normalized spacial score (nSPS) is 24.9. The summed E-state index contributed by atoms with van der Waals surface area (Å²) < 4.78 is 2.11. The van der Waals surface area contributed by atoms with Gasteiger partial charge in [0.05, 0.1) is 17.1 Å². The van der Waals surface area contributed by atoms with E-state index in [0.29, 0.717) is 11.9 Å². The minimum atomic E-state index is 0.487. The lowest BCUT2D eigenvalue weighted by Gasteiger charge is -2.44. The van der Waals surface area contributed by atoms with Gasteiger partial charge >= 0.3 is 0 Å². The highest BCUT2D eigenvalue weighted by molar-refractivity contribution is 7.18. The molecule has 0 radical (unpaired) electrons. The molecule has 26 heavy (non-hydrogen) atoms. The van der Waals surface area contributed by atoms with E-state index in [-0.39, 0.29) is 0 Å². The topological polar surface area (TPSA) is 34.0 Å². The van der Waals surface area contributed by atoms with E-state index in [2.05, 4.69) is 62.5 Å². The van der Waals surface area contributed by atoms with Crippen molar-refractivity contribution < 1.29 is 0 Å². The summed E-state index contributed by atoms with van der Waals surface area (Å²) in [5.74, 6) is 1.31. The van der Waals surface area contributed by atoms with Gasteiger partial charge in [0.2, 0.25) is 0 Å². The zero-order chi connectivity index (χ0) is 17.5. The largest absolute Gasteiger partial charge is 0.301 e. The number of halogens is 1. The van der Waals surface area contributed by atoms with Crippen LogP contribution in [-0.2, 0) is 5.88 Å². The summed E-state index contributed by atoms with van der Waals surface area (Å²) in [6.07, 6.45) is 4.72. The first kappa shape index (κ1) is 16.5. The summed E-state index contributed by atoms with van der Waals surface area (Å²) in [7, 11) is 0. The molecule has 2 aromatic heterocycles. The molecule has 0 N–H and O–H groups in total. The molecule has 3 aromatic rings. The van der Waals surface area contributed by atoms with Gasteiger partial charge in [0, 0.05) is 17.3 Å². The second kappa shape index (κ2) is 6.80. The summed E-state index contributed by atoms with van der Waals surface area (Å²) in [6.45, 7) is 3.62. The van der Waals surface area contributed by atoms with Crippen LogP contribution in [0, 0.1) is 5.92 Å². The molecule has 4 nitrogen and oxygen atoms in total. The highest BCUT2D eigenvalue weighted by atomic mass is 35.5. The molecule has 1 aromatic carbocycles. The molecule has 0 saturated carbocycles. The third-order valence-electron chi connectivity index (χ3n) is 5.72. The van der Waals surface area contributed by atoms with Gasteiger partial charge in [-0.1, -0.05) is 29.5 Å². The lowest BCUT2D eigenvalue weighted by atomic mass is 9.84. The van der Waals surface area contributed by atoms with Crippen LogP contribution in [0.4, 0.5) is 0 Å². The van der Waals surface area contributed by atoms with Crippen molar-refractivity contribution in [1.29, 1.82) is 0 Å². The number of aromatic nitrogens is 3. The molecule has 0 amide bonds. The van der Waals surface area contributed by atoms with E-state index in [4.69, 9.17) is 11.6 Å². The number of hydrogen-bond donors (Lipinski definition) is 0. The monoisotopic (exact) mass is 384 g/mol. The third kappa shape index (κ3) is 2.98. The molecule has 1 unspecified atom stereocenters. The Balaban J connectivity index is 1.37. The Hall–Kier alpha value is -1.69. The van der Waals surface area contributed by atoms with Crippen molar-refractivity contribution in [3.8, 4) is 21.0 Å². The van der Waals surface area contributed by atoms with Crippen LogP contribution in [0.1, 0.15) is 24.4 Å². The molecule has 0 spiro atoms. The Morgan fingerprint density at radius 1 is 1.04 bits per heavy atom. The molecule has 134 valence electrons. The summed E-state index contributed by atoms with van der Waals surface area (Å²) in [5.41, 5.74) is 3.35. The van der Waals surface area contributed by atoms with E-state index in [1.807, 2.05) is 0 Å². The fourth-order valence-electron chi connectivity index (χ4n) is 4.17. The van der Waals surface area contributed by atoms with Crippen molar-refractivity contribution in [1.82, 2.24) is 19.9 Å².